The van der Waals surface area contributed by atoms with Gasteiger partial charge in [0, 0.05) is 56.3 Å². The second kappa shape index (κ2) is 14.8. The molecule has 3 atom stereocenters. The predicted octanol–water partition coefficient (Wildman–Crippen LogP) is 6.76. The Hall–Kier alpha value is -3.68. The highest BCUT2D eigenvalue weighted by atomic mass is 35.5. The summed E-state index contributed by atoms with van der Waals surface area (Å²) in [4.78, 5) is 32.1. The molecule has 11 nitrogen and oxygen atoms in total. The molecule has 256 valence electrons. The van der Waals surface area contributed by atoms with Crippen LogP contribution in [0.4, 0.5) is 33.1 Å². The molecule has 14 heteroatoms. The molecule has 0 saturated carbocycles. The third-order valence-corrected chi connectivity index (χ3v) is 9.78. The standard InChI is InChI=1S/C34H40Cl2FN7O4/c1-5-32(45)41-25-14-26(29(46-4)15-28(25)42-11-8-22(9-12-42)43-17-20(2)48-21(3)18-43)40-30-16-31(39-19-38-30)44-27(10-13-47-44)23-6-7-24(35)33(36)34(23)37/h5-7,14-16,19-22,27H,1,8-13,17-18H2,2-4H3,(H,41,45)(H,38,39,40)/t20-,21+,27?. The maximum Gasteiger partial charge on any atom is 0.247 e. The molecular formula is C34H40Cl2FN7O4. The molecule has 0 bridgehead atoms. The Bertz CT molecular complexity index is 1650. The van der Waals surface area contributed by atoms with Crippen molar-refractivity contribution in [2.45, 2.75) is 57.4 Å². The molecule has 1 unspecified atom stereocenters. The van der Waals surface area contributed by atoms with Crippen molar-refractivity contribution in [3.63, 3.8) is 0 Å². The number of methoxy groups -OCH3 is 1. The number of ether oxygens (including phenoxy) is 2. The highest BCUT2D eigenvalue weighted by Gasteiger charge is 2.33. The Balaban J connectivity index is 1.23. The van der Waals surface area contributed by atoms with Crippen LogP contribution in [0.3, 0.4) is 0 Å². The Kier molecular flexibility index (Phi) is 10.6. The molecule has 1 amide bonds. The largest absolute Gasteiger partial charge is 0.494 e. The van der Waals surface area contributed by atoms with Crippen LogP contribution in [0.15, 0.2) is 49.3 Å². The summed E-state index contributed by atoms with van der Waals surface area (Å²) in [7, 11) is 1.60. The van der Waals surface area contributed by atoms with Crippen molar-refractivity contribution in [1.82, 2.24) is 14.9 Å². The van der Waals surface area contributed by atoms with Gasteiger partial charge in [-0.25, -0.2) is 19.4 Å². The molecule has 1 aromatic heterocycles. The predicted molar refractivity (Wildman–Crippen MR) is 186 cm³/mol. The number of aromatic nitrogens is 2. The van der Waals surface area contributed by atoms with Crippen molar-refractivity contribution in [3.05, 3.63) is 70.7 Å². The fourth-order valence-corrected chi connectivity index (χ4v) is 7.14. The summed E-state index contributed by atoms with van der Waals surface area (Å²) < 4.78 is 26.9. The molecular weight excluding hydrogens is 660 g/mol. The van der Waals surface area contributed by atoms with E-state index in [1.54, 1.807) is 30.4 Å². The number of benzene rings is 2. The van der Waals surface area contributed by atoms with Gasteiger partial charge in [0.2, 0.25) is 5.91 Å². The summed E-state index contributed by atoms with van der Waals surface area (Å²) in [6.45, 7) is 11.8. The van der Waals surface area contributed by atoms with Crippen LogP contribution in [0.5, 0.6) is 5.75 Å². The molecule has 4 heterocycles. The minimum atomic E-state index is -0.592. The van der Waals surface area contributed by atoms with E-state index in [-0.39, 0.29) is 28.2 Å². The second-order valence-corrected chi connectivity index (χ2v) is 13.1. The van der Waals surface area contributed by atoms with Crippen LogP contribution < -0.4 is 25.3 Å². The van der Waals surface area contributed by atoms with Gasteiger partial charge >= 0.3 is 0 Å². The average molecular weight is 701 g/mol. The van der Waals surface area contributed by atoms with Gasteiger partial charge in [0.05, 0.1) is 59.1 Å². The van der Waals surface area contributed by atoms with Gasteiger partial charge in [-0.05, 0) is 44.9 Å². The zero-order valence-corrected chi connectivity index (χ0v) is 28.7. The summed E-state index contributed by atoms with van der Waals surface area (Å²) in [5, 5.41) is 7.84. The lowest BCUT2D eigenvalue weighted by Crippen LogP contribution is -2.53. The molecule has 3 saturated heterocycles. The van der Waals surface area contributed by atoms with Crippen molar-refractivity contribution >= 4 is 57.8 Å². The highest BCUT2D eigenvalue weighted by Crippen LogP contribution is 2.42. The molecule has 0 spiro atoms. The van der Waals surface area contributed by atoms with Crippen LogP contribution in [-0.4, -0.2) is 78.9 Å². The molecule has 3 aromatic rings. The summed E-state index contributed by atoms with van der Waals surface area (Å²) in [5.74, 6) is 0.502. The quantitative estimate of drug-likeness (QED) is 0.184. The van der Waals surface area contributed by atoms with E-state index in [1.807, 2.05) is 12.1 Å². The van der Waals surface area contributed by atoms with Gasteiger partial charge in [0.25, 0.3) is 0 Å². The number of hydroxylamine groups is 1. The molecule has 48 heavy (non-hydrogen) atoms. The Morgan fingerprint density at radius 1 is 1.08 bits per heavy atom. The lowest BCUT2D eigenvalue weighted by atomic mass is 10.00. The van der Waals surface area contributed by atoms with E-state index in [2.05, 4.69) is 50.8 Å². The number of halogens is 3. The number of hydrogen-bond donors (Lipinski definition) is 2. The van der Waals surface area contributed by atoms with Crippen LogP contribution >= 0.6 is 23.2 Å². The maximum absolute atomic E-state index is 15.1. The third kappa shape index (κ3) is 7.32. The number of carbonyl (C=O) groups excluding carboxylic acids is 1. The monoisotopic (exact) mass is 699 g/mol. The van der Waals surface area contributed by atoms with Gasteiger partial charge in [-0.1, -0.05) is 35.8 Å². The van der Waals surface area contributed by atoms with Crippen molar-refractivity contribution in [3.8, 4) is 5.75 Å². The number of amides is 1. The molecule has 2 N–H and O–H groups in total. The van der Waals surface area contributed by atoms with E-state index >= 15 is 4.39 Å². The van der Waals surface area contributed by atoms with Gasteiger partial charge in [-0.3, -0.25) is 14.5 Å². The number of nitrogens with one attached hydrogen (secondary N) is 2. The lowest BCUT2D eigenvalue weighted by Gasteiger charge is -2.44. The Morgan fingerprint density at radius 2 is 1.83 bits per heavy atom. The fourth-order valence-electron chi connectivity index (χ4n) is 6.82. The van der Waals surface area contributed by atoms with E-state index in [0.717, 1.165) is 44.7 Å². The van der Waals surface area contributed by atoms with Gasteiger partial charge in [-0.2, -0.15) is 0 Å². The molecule has 3 aliphatic rings. The van der Waals surface area contributed by atoms with E-state index in [1.165, 1.54) is 12.4 Å². The number of carbonyl (C=O) groups is 1. The topological polar surface area (TPSA) is 104 Å². The molecule has 0 aliphatic carbocycles. The minimum Gasteiger partial charge on any atom is -0.494 e. The van der Waals surface area contributed by atoms with E-state index in [9.17, 15) is 4.79 Å². The zero-order chi connectivity index (χ0) is 33.9. The summed E-state index contributed by atoms with van der Waals surface area (Å²) in [6, 6.07) is 8.62. The highest BCUT2D eigenvalue weighted by molar-refractivity contribution is 6.42. The first-order valence-corrected chi connectivity index (χ1v) is 16.8. The van der Waals surface area contributed by atoms with Crippen molar-refractivity contribution in [1.29, 1.82) is 0 Å². The van der Waals surface area contributed by atoms with Crippen LogP contribution in [-0.2, 0) is 14.4 Å². The molecule has 2 aromatic carbocycles. The van der Waals surface area contributed by atoms with E-state index in [0.29, 0.717) is 53.4 Å². The summed E-state index contributed by atoms with van der Waals surface area (Å²) in [6.07, 6.45) is 5.58. The number of rotatable bonds is 9. The average Bonchev–Trinajstić information content (AvgIpc) is 3.57. The zero-order valence-electron chi connectivity index (χ0n) is 27.2. The molecule has 6 rings (SSSR count). The van der Waals surface area contributed by atoms with Gasteiger partial charge in [-0.15, -0.1) is 0 Å². The fraction of sp³-hybridized carbons (Fsp3) is 0.441. The van der Waals surface area contributed by atoms with Crippen molar-refractivity contribution in [2.75, 3.05) is 60.5 Å². The third-order valence-electron chi connectivity index (χ3n) is 9.00. The van der Waals surface area contributed by atoms with Crippen molar-refractivity contribution < 1.29 is 23.5 Å². The van der Waals surface area contributed by atoms with Crippen molar-refractivity contribution in [2.24, 2.45) is 0 Å². The first kappa shape index (κ1) is 34.2. The first-order valence-electron chi connectivity index (χ1n) is 16.1. The Labute approximate surface area is 289 Å². The number of anilines is 5. The maximum atomic E-state index is 15.1. The Morgan fingerprint density at radius 3 is 2.54 bits per heavy atom. The normalized spacial score (nSPS) is 22.1. The SMILES string of the molecule is C=CC(=O)Nc1cc(Nc2cc(N3OCCC3c3ccc(Cl)c(Cl)c3F)ncn2)c(OC)cc1N1CCC(N2C[C@@H](C)O[C@@H](C)C2)CC1. The van der Waals surface area contributed by atoms with Gasteiger partial charge < -0.3 is 25.0 Å². The second-order valence-electron chi connectivity index (χ2n) is 12.3. The van der Waals surface area contributed by atoms with E-state index < -0.39 is 11.9 Å². The van der Waals surface area contributed by atoms with Crippen LogP contribution in [0.2, 0.25) is 10.0 Å². The van der Waals surface area contributed by atoms with Gasteiger partial charge in [0.15, 0.2) is 5.82 Å². The summed E-state index contributed by atoms with van der Waals surface area (Å²) in [5.41, 5.74) is 2.40. The van der Waals surface area contributed by atoms with Crippen LogP contribution in [0.25, 0.3) is 0 Å². The van der Waals surface area contributed by atoms with Crippen LogP contribution in [0.1, 0.15) is 44.7 Å². The van der Waals surface area contributed by atoms with Crippen LogP contribution in [0, 0.1) is 5.82 Å². The molecule has 3 fully saturated rings. The molecule has 3 aliphatic heterocycles. The summed E-state index contributed by atoms with van der Waals surface area (Å²) >= 11 is 12.1. The smallest absolute Gasteiger partial charge is 0.247 e. The van der Waals surface area contributed by atoms with Gasteiger partial charge in [0.1, 0.15) is 23.7 Å². The number of nitrogens with zero attached hydrogens (tertiary/aromatic N) is 5. The lowest BCUT2D eigenvalue weighted by molar-refractivity contribution is -0.111. The number of hydrogen-bond acceptors (Lipinski definition) is 10. The number of morpholine rings is 1. The molecule has 0 radical (unpaired) electrons. The van der Waals surface area contributed by atoms with E-state index in [4.69, 9.17) is 37.5 Å². The first-order chi connectivity index (χ1) is 23.1. The minimum absolute atomic E-state index is 0.133. The number of piperidine rings is 1.